The van der Waals surface area contributed by atoms with Crippen LogP contribution in [0.3, 0.4) is 0 Å². The Hall–Kier alpha value is -3.88. The van der Waals surface area contributed by atoms with Gasteiger partial charge in [0.2, 0.25) is 0 Å². The van der Waals surface area contributed by atoms with E-state index in [-0.39, 0.29) is 38.4 Å². The Balaban J connectivity index is 1.84. The van der Waals surface area contributed by atoms with Crippen LogP contribution >= 0.6 is 0 Å². The predicted octanol–water partition coefficient (Wildman–Crippen LogP) is 10.0. The Kier molecular flexibility index (Phi) is 19.8. The molecule has 3 aromatic carbocycles. The Morgan fingerprint density at radius 2 is 1.06 bits per heavy atom. The molecule has 0 aromatic heterocycles. The van der Waals surface area contributed by atoms with Crippen molar-refractivity contribution in [1.82, 2.24) is 0 Å². The third-order valence-electron chi connectivity index (χ3n) is 8.55. The van der Waals surface area contributed by atoms with Crippen LogP contribution in [0.1, 0.15) is 96.5 Å². The molecule has 0 spiro atoms. The van der Waals surface area contributed by atoms with E-state index in [1.165, 1.54) is 12.8 Å². The first kappa shape index (κ1) is 41.5. The number of rotatable bonds is 28. The number of aryl methyl sites for hydroxylation is 1. The van der Waals surface area contributed by atoms with Crippen molar-refractivity contribution in [2.24, 2.45) is 0 Å². The molecule has 2 unspecified atom stereocenters. The predicted molar refractivity (Wildman–Crippen MR) is 206 cm³/mol. The zero-order valence-corrected chi connectivity index (χ0v) is 31.3. The number of carbonyl (C=O) groups excluding carboxylic acids is 2. The van der Waals surface area contributed by atoms with Gasteiger partial charge in [-0.05, 0) is 25.8 Å². The molecule has 0 fully saturated rings. The molecule has 8 heteroatoms. The number of ether oxygens (including phenoxy) is 6. The Morgan fingerprint density at radius 3 is 1.53 bits per heavy atom. The fourth-order valence-corrected chi connectivity index (χ4v) is 5.91. The van der Waals surface area contributed by atoms with Crippen molar-refractivity contribution in [2.45, 2.75) is 110 Å². The van der Waals surface area contributed by atoms with Crippen molar-refractivity contribution < 1.29 is 38.0 Å². The molecule has 0 bridgehead atoms. The summed E-state index contributed by atoms with van der Waals surface area (Å²) in [7, 11) is 0. The first-order chi connectivity index (χ1) is 24.9. The molecule has 0 amide bonds. The summed E-state index contributed by atoms with van der Waals surface area (Å²) in [6.45, 7) is 15.1. The highest BCUT2D eigenvalue weighted by atomic mass is 16.6. The van der Waals surface area contributed by atoms with Crippen molar-refractivity contribution in [3.05, 3.63) is 73.3 Å². The quantitative estimate of drug-likeness (QED) is 0.0319. The molecule has 3 rings (SSSR count). The summed E-state index contributed by atoms with van der Waals surface area (Å²) < 4.78 is 36.3. The highest BCUT2D eigenvalue weighted by Gasteiger charge is 2.22. The van der Waals surface area contributed by atoms with Gasteiger partial charge in [0.05, 0.1) is 26.4 Å². The summed E-state index contributed by atoms with van der Waals surface area (Å²) in [5, 5.41) is 3.41. The van der Waals surface area contributed by atoms with Crippen molar-refractivity contribution in [3.63, 3.8) is 0 Å². The molecule has 8 nitrogen and oxygen atoms in total. The van der Waals surface area contributed by atoms with Crippen molar-refractivity contribution >= 4 is 33.5 Å². The molecular weight excluding hydrogens is 644 g/mol. The van der Waals surface area contributed by atoms with E-state index in [9.17, 15) is 9.59 Å². The number of benzene rings is 3. The maximum atomic E-state index is 12.8. The van der Waals surface area contributed by atoms with Crippen molar-refractivity contribution in [1.29, 1.82) is 0 Å². The standard InChI is InChI=1S/C43H60O8/c1-6-10-12-14-16-22-40(44)50-34(29-46-26-8-3)31-48-42-36-20-18-19-21-37(36)43(39-28-33(5)24-25-38(39)42)49-32-35(30-47-27-9-4)51-41(45)23-17-15-13-11-7-2/h8-9,18-21,24-25,28,34-35H,3-4,6-7,10-17,22-23,26-27,29-32H2,1-2,5H3. The van der Waals surface area contributed by atoms with Crippen LogP contribution < -0.4 is 9.47 Å². The molecular formula is C43H60O8. The van der Waals surface area contributed by atoms with Crippen LogP contribution in [0.25, 0.3) is 21.5 Å². The zero-order chi connectivity index (χ0) is 36.7. The topological polar surface area (TPSA) is 89.5 Å². The summed E-state index contributed by atoms with van der Waals surface area (Å²) >= 11 is 0. The lowest BCUT2D eigenvalue weighted by molar-refractivity contribution is -0.154. The van der Waals surface area contributed by atoms with Crippen LogP contribution in [0.5, 0.6) is 11.5 Å². The molecule has 0 saturated carbocycles. The van der Waals surface area contributed by atoms with Crippen LogP contribution in [-0.4, -0.2) is 63.8 Å². The molecule has 0 N–H and O–H groups in total. The highest BCUT2D eigenvalue weighted by molar-refractivity contribution is 6.11. The average Bonchev–Trinajstić information content (AvgIpc) is 3.12. The minimum Gasteiger partial charge on any atom is -0.488 e. The van der Waals surface area contributed by atoms with E-state index in [0.717, 1.165) is 78.5 Å². The van der Waals surface area contributed by atoms with E-state index in [0.29, 0.717) is 37.6 Å². The van der Waals surface area contributed by atoms with Crippen molar-refractivity contribution in [2.75, 3.05) is 39.6 Å². The number of fused-ring (bicyclic) bond motifs is 2. The normalized spacial score (nSPS) is 12.4. The Morgan fingerprint density at radius 1 is 0.608 bits per heavy atom. The Bertz CT molecular complexity index is 1500. The van der Waals surface area contributed by atoms with Gasteiger partial charge in [0.15, 0.2) is 12.2 Å². The lowest BCUT2D eigenvalue weighted by Gasteiger charge is -2.23. The fourth-order valence-electron chi connectivity index (χ4n) is 5.91. The molecule has 0 radical (unpaired) electrons. The second kappa shape index (κ2) is 24.3. The van der Waals surface area contributed by atoms with E-state index in [1.807, 2.05) is 43.3 Å². The maximum absolute atomic E-state index is 12.8. The minimum absolute atomic E-state index is 0.114. The number of unbranched alkanes of at least 4 members (excludes halogenated alkanes) is 8. The molecule has 0 aliphatic carbocycles. The number of carbonyl (C=O) groups is 2. The molecule has 0 heterocycles. The van der Waals surface area contributed by atoms with Gasteiger partial charge < -0.3 is 28.4 Å². The molecule has 3 aromatic rings. The van der Waals surface area contributed by atoms with Gasteiger partial charge in [-0.3, -0.25) is 9.59 Å². The molecule has 0 saturated heterocycles. The van der Waals surface area contributed by atoms with Gasteiger partial charge >= 0.3 is 11.9 Å². The monoisotopic (exact) mass is 704 g/mol. The minimum atomic E-state index is -0.597. The summed E-state index contributed by atoms with van der Waals surface area (Å²) in [5.41, 5.74) is 1.05. The van der Waals surface area contributed by atoms with Gasteiger partial charge in [0.1, 0.15) is 24.7 Å². The fraction of sp³-hybridized carbons (Fsp3) is 0.535. The van der Waals surface area contributed by atoms with E-state index in [1.54, 1.807) is 12.2 Å². The van der Waals surface area contributed by atoms with Crippen LogP contribution in [0.2, 0.25) is 0 Å². The molecule has 51 heavy (non-hydrogen) atoms. The van der Waals surface area contributed by atoms with Crippen molar-refractivity contribution in [3.8, 4) is 11.5 Å². The smallest absolute Gasteiger partial charge is 0.306 e. The van der Waals surface area contributed by atoms with Crippen LogP contribution in [0.4, 0.5) is 0 Å². The van der Waals surface area contributed by atoms with Gasteiger partial charge in [0.25, 0.3) is 0 Å². The van der Waals surface area contributed by atoms with Gasteiger partial charge in [-0.1, -0.05) is 119 Å². The third kappa shape index (κ3) is 14.7. The first-order valence-corrected chi connectivity index (χ1v) is 18.9. The lowest BCUT2D eigenvalue weighted by Crippen LogP contribution is -2.30. The second-order valence-corrected chi connectivity index (χ2v) is 13.1. The SMILES string of the molecule is C=CCOCC(COc1c2ccccc2c(OCC(COCC=C)OC(=O)CCCCCCC)c2cc(C)ccc12)OC(=O)CCCCCCC. The molecule has 2 atom stereocenters. The van der Waals surface area contributed by atoms with Crippen LogP contribution in [0.15, 0.2) is 67.8 Å². The van der Waals surface area contributed by atoms with E-state index in [2.05, 4.69) is 33.1 Å². The van der Waals surface area contributed by atoms with E-state index < -0.39 is 12.2 Å². The lowest BCUT2D eigenvalue weighted by atomic mass is 9.99. The highest BCUT2D eigenvalue weighted by Crippen LogP contribution is 2.43. The number of hydrogen-bond acceptors (Lipinski definition) is 8. The van der Waals surface area contributed by atoms with Gasteiger partial charge in [-0.15, -0.1) is 13.2 Å². The maximum Gasteiger partial charge on any atom is 0.306 e. The number of esters is 2. The van der Waals surface area contributed by atoms with Gasteiger partial charge in [0, 0.05) is 34.4 Å². The molecule has 280 valence electrons. The average molecular weight is 705 g/mol. The number of hydrogen-bond donors (Lipinski definition) is 0. The first-order valence-electron chi connectivity index (χ1n) is 18.9. The van der Waals surface area contributed by atoms with Crippen LogP contribution in [0, 0.1) is 6.92 Å². The second-order valence-electron chi connectivity index (χ2n) is 13.1. The van der Waals surface area contributed by atoms with E-state index in [4.69, 9.17) is 28.4 Å². The van der Waals surface area contributed by atoms with Crippen LogP contribution in [-0.2, 0) is 28.5 Å². The summed E-state index contributed by atoms with van der Waals surface area (Å²) in [5.74, 6) is 0.833. The van der Waals surface area contributed by atoms with Gasteiger partial charge in [-0.2, -0.15) is 0 Å². The van der Waals surface area contributed by atoms with E-state index >= 15 is 0 Å². The zero-order valence-electron chi connectivity index (χ0n) is 31.3. The Labute approximate surface area is 305 Å². The molecule has 0 aliphatic rings. The summed E-state index contributed by atoms with van der Waals surface area (Å²) in [6, 6.07) is 14.0. The van der Waals surface area contributed by atoms with Gasteiger partial charge in [-0.25, -0.2) is 0 Å². The largest absolute Gasteiger partial charge is 0.488 e. The third-order valence-corrected chi connectivity index (χ3v) is 8.55. The molecule has 0 aliphatic heterocycles. The summed E-state index contributed by atoms with van der Waals surface area (Å²) in [6.07, 6.45) is 13.4. The summed E-state index contributed by atoms with van der Waals surface area (Å²) in [4.78, 5) is 25.6.